The van der Waals surface area contributed by atoms with Crippen molar-refractivity contribution in [3.63, 3.8) is 0 Å². The number of hydrogen-bond acceptors (Lipinski definition) is 4. The van der Waals surface area contributed by atoms with E-state index in [1.165, 1.54) is 0 Å². The molecule has 14 heavy (non-hydrogen) atoms. The predicted molar refractivity (Wildman–Crippen MR) is 53.4 cm³/mol. The highest BCUT2D eigenvalue weighted by Crippen LogP contribution is 2.33. The molecule has 1 rings (SSSR count). The summed E-state index contributed by atoms with van der Waals surface area (Å²) in [4.78, 5) is 0. The third-order valence-corrected chi connectivity index (χ3v) is 2.12. The van der Waals surface area contributed by atoms with Crippen molar-refractivity contribution >= 4 is 0 Å². The van der Waals surface area contributed by atoms with Crippen LogP contribution < -0.4 is 15.2 Å². The van der Waals surface area contributed by atoms with Crippen LogP contribution in [0.15, 0.2) is 12.1 Å². The predicted octanol–water partition coefficient (Wildman–Crippen LogP) is 0.655. The lowest BCUT2D eigenvalue weighted by atomic mass is 10.1. The lowest BCUT2D eigenvalue weighted by Crippen LogP contribution is -2.05. The Morgan fingerprint density at radius 3 is 2.43 bits per heavy atom. The molecule has 0 heterocycles. The summed E-state index contributed by atoms with van der Waals surface area (Å²) >= 11 is 0. The Balaban J connectivity index is 3.28. The van der Waals surface area contributed by atoms with Gasteiger partial charge in [0.2, 0.25) is 0 Å². The van der Waals surface area contributed by atoms with Crippen LogP contribution in [0.25, 0.3) is 0 Å². The van der Waals surface area contributed by atoms with E-state index in [0.717, 1.165) is 11.1 Å². The maximum absolute atomic E-state index is 9.08. The summed E-state index contributed by atoms with van der Waals surface area (Å²) < 4.78 is 10.3. The van der Waals surface area contributed by atoms with Gasteiger partial charge >= 0.3 is 0 Å². The molecule has 0 aromatic heterocycles. The number of benzene rings is 1. The summed E-state index contributed by atoms with van der Waals surface area (Å²) in [6, 6.07) is 3.53. The van der Waals surface area contributed by atoms with E-state index in [1.807, 2.05) is 0 Å². The largest absolute Gasteiger partial charge is 0.493 e. The average molecular weight is 197 g/mol. The molecule has 1 aromatic rings. The van der Waals surface area contributed by atoms with E-state index in [-0.39, 0.29) is 6.61 Å². The monoisotopic (exact) mass is 197 g/mol. The smallest absolute Gasteiger partial charge is 0.165 e. The van der Waals surface area contributed by atoms with Gasteiger partial charge in [-0.2, -0.15) is 0 Å². The molecule has 4 heteroatoms. The minimum Gasteiger partial charge on any atom is -0.493 e. The molecular weight excluding hydrogens is 182 g/mol. The van der Waals surface area contributed by atoms with E-state index >= 15 is 0 Å². The van der Waals surface area contributed by atoms with Crippen molar-refractivity contribution in [3.8, 4) is 11.5 Å². The van der Waals surface area contributed by atoms with Gasteiger partial charge in [-0.05, 0) is 11.6 Å². The van der Waals surface area contributed by atoms with Crippen molar-refractivity contribution in [2.45, 2.75) is 13.2 Å². The van der Waals surface area contributed by atoms with Gasteiger partial charge < -0.3 is 20.3 Å². The van der Waals surface area contributed by atoms with Crippen molar-refractivity contribution in [1.82, 2.24) is 0 Å². The average Bonchev–Trinajstić information content (AvgIpc) is 2.26. The Labute approximate surface area is 83.3 Å². The molecule has 0 unspecified atom stereocenters. The number of rotatable bonds is 4. The summed E-state index contributed by atoms with van der Waals surface area (Å²) in [5.74, 6) is 1.23. The summed E-state index contributed by atoms with van der Waals surface area (Å²) in [5, 5.41) is 9.08. The lowest BCUT2D eigenvalue weighted by Gasteiger charge is -2.14. The van der Waals surface area contributed by atoms with Gasteiger partial charge in [-0.1, -0.05) is 6.07 Å². The van der Waals surface area contributed by atoms with Gasteiger partial charge in [0.25, 0.3) is 0 Å². The second-order valence-electron chi connectivity index (χ2n) is 2.80. The highest BCUT2D eigenvalue weighted by molar-refractivity contribution is 5.50. The van der Waals surface area contributed by atoms with Gasteiger partial charge in [0, 0.05) is 12.1 Å². The first kappa shape index (κ1) is 10.8. The summed E-state index contributed by atoms with van der Waals surface area (Å²) in [5.41, 5.74) is 7.13. The maximum Gasteiger partial charge on any atom is 0.165 e. The molecule has 0 spiro atoms. The van der Waals surface area contributed by atoms with Crippen molar-refractivity contribution in [2.75, 3.05) is 14.2 Å². The molecule has 0 saturated carbocycles. The molecule has 0 bridgehead atoms. The third-order valence-electron chi connectivity index (χ3n) is 2.12. The van der Waals surface area contributed by atoms with Crippen molar-refractivity contribution in [1.29, 1.82) is 0 Å². The fourth-order valence-corrected chi connectivity index (χ4v) is 1.40. The molecule has 0 saturated heterocycles. The van der Waals surface area contributed by atoms with Crippen LogP contribution in [-0.4, -0.2) is 19.3 Å². The molecule has 0 aliphatic carbocycles. The van der Waals surface area contributed by atoms with Crippen LogP contribution in [-0.2, 0) is 13.2 Å². The first-order chi connectivity index (χ1) is 6.78. The number of methoxy groups -OCH3 is 2. The normalized spacial score (nSPS) is 10.0. The quantitative estimate of drug-likeness (QED) is 0.744. The molecule has 4 nitrogen and oxygen atoms in total. The standard InChI is InChI=1S/C10H15NO3/c1-13-9-4-3-7(6-12)8(5-11)10(9)14-2/h3-4,12H,5-6,11H2,1-2H3. The fourth-order valence-electron chi connectivity index (χ4n) is 1.40. The maximum atomic E-state index is 9.08. The zero-order valence-corrected chi connectivity index (χ0v) is 8.41. The molecular formula is C10H15NO3. The molecule has 0 radical (unpaired) electrons. The number of nitrogens with two attached hydrogens (primary N) is 1. The van der Waals surface area contributed by atoms with Crippen LogP contribution in [0.1, 0.15) is 11.1 Å². The minimum absolute atomic E-state index is 0.0487. The topological polar surface area (TPSA) is 64.7 Å². The third kappa shape index (κ3) is 1.81. The zero-order chi connectivity index (χ0) is 10.6. The fraction of sp³-hybridized carbons (Fsp3) is 0.400. The number of ether oxygens (including phenoxy) is 2. The van der Waals surface area contributed by atoms with Crippen LogP contribution in [0.4, 0.5) is 0 Å². The van der Waals surface area contributed by atoms with Crippen LogP contribution in [0.3, 0.4) is 0 Å². The summed E-state index contributed by atoms with van der Waals surface area (Å²) in [6.45, 7) is 0.267. The highest BCUT2D eigenvalue weighted by atomic mass is 16.5. The van der Waals surface area contributed by atoms with E-state index in [9.17, 15) is 0 Å². The Hall–Kier alpha value is -1.26. The van der Waals surface area contributed by atoms with E-state index < -0.39 is 0 Å². The van der Waals surface area contributed by atoms with Crippen molar-refractivity contribution in [3.05, 3.63) is 23.3 Å². The first-order valence-electron chi connectivity index (χ1n) is 4.32. The Kier molecular flexibility index (Phi) is 3.73. The van der Waals surface area contributed by atoms with Crippen molar-refractivity contribution in [2.24, 2.45) is 5.73 Å². The Bertz CT molecular complexity index is 281. The highest BCUT2D eigenvalue weighted by Gasteiger charge is 2.12. The van der Waals surface area contributed by atoms with Gasteiger partial charge in [-0.15, -0.1) is 0 Å². The Morgan fingerprint density at radius 2 is 2.00 bits per heavy atom. The van der Waals surface area contributed by atoms with Crippen LogP contribution in [0.5, 0.6) is 11.5 Å². The number of aliphatic hydroxyl groups is 1. The molecule has 0 atom stereocenters. The molecule has 1 aromatic carbocycles. The van der Waals surface area contributed by atoms with E-state index in [1.54, 1.807) is 26.4 Å². The number of hydrogen-bond donors (Lipinski definition) is 2. The lowest BCUT2D eigenvalue weighted by molar-refractivity contribution is 0.278. The molecule has 3 N–H and O–H groups in total. The molecule has 0 fully saturated rings. The molecule has 0 amide bonds. The second-order valence-corrected chi connectivity index (χ2v) is 2.80. The van der Waals surface area contributed by atoms with Crippen molar-refractivity contribution < 1.29 is 14.6 Å². The molecule has 78 valence electrons. The van der Waals surface area contributed by atoms with E-state index in [4.69, 9.17) is 20.3 Å². The van der Waals surface area contributed by atoms with E-state index in [0.29, 0.717) is 18.0 Å². The molecule has 0 aliphatic heterocycles. The second kappa shape index (κ2) is 4.83. The van der Waals surface area contributed by atoms with Crippen LogP contribution in [0, 0.1) is 0 Å². The van der Waals surface area contributed by atoms with E-state index in [2.05, 4.69) is 0 Å². The van der Waals surface area contributed by atoms with Crippen LogP contribution >= 0.6 is 0 Å². The van der Waals surface area contributed by atoms with Gasteiger partial charge in [0.15, 0.2) is 11.5 Å². The first-order valence-corrected chi connectivity index (χ1v) is 4.32. The van der Waals surface area contributed by atoms with Gasteiger partial charge in [0.05, 0.1) is 20.8 Å². The number of aliphatic hydroxyl groups excluding tert-OH is 1. The van der Waals surface area contributed by atoms with Gasteiger partial charge in [-0.25, -0.2) is 0 Å². The summed E-state index contributed by atoms with van der Waals surface area (Å²) in [7, 11) is 3.12. The SMILES string of the molecule is COc1ccc(CO)c(CN)c1OC. The summed E-state index contributed by atoms with van der Waals surface area (Å²) in [6.07, 6.45) is 0. The minimum atomic E-state index is -0.0487. The zero-order valence-electron chi connectivity index (χ0n) is 8.41. The van der Waals surface area contributed by atoms with Gasteiger partial charge in [0.1, 0.15) is 0 Å². The molecule has 0 aliphatic rings. The Morgan fingerprint density at radius 1 is 1.29 bits per heavy atom. The van der Waals surface area contributed by atoms with Crippen LogP contribution in [0.2, 0.25) is 0 Å². The van der Waals surface area contributed by atoms with Gasteiger partial charge in [-0.3, -0.25) is 0 Å².